The van der Waals surface area contributed by atoms with Crippen LogP contribution in [0.15, 0.2) is 48.5 Å². The van der Waals surface area contributed by atoms with Crippen molar-refractivity contribution in [2.45, 2.75) is 13.8 Å². The molecule has 7 heteroatoms. The van der Waals surface area contributed by atoms with Crippen LogP contribution in [0.25, 0.3) is 0 Å². The van der Waals surface area contributed by atoms with Gasteiger partial charge < -0.3 is 10.1 Å². The SMILES string of the molecule is Cc1cc(C)nc(Oc2ccc(NC(=O)c3ccc(Cl)c(Cl)c3)cc2)n1. The highest BCUT2D eigenvalue weighted by Gasteiger charge is 2.09. The maximum Gasteiger partial charge on any atom is 0.322 e. The van der Waals surface area contributed by atoms with Gasteiger partial charge in [0.25, 0.3) is 5.91 Å². The van der Waals surface area contributed by atoms with Crippen molar-refractivity contribution < 1.29 is 9.53 Å². The van der Waals surface area contributed by atoms with E-state index in [1.807, 2.05) is 19.9 Å². The number of aryl methyl sites for hydroxylation is 2. The smallest absolute Gasteiger partial charge is 0.322 e. The Balaban J connectivity index is 1.69. The molecule has 132 valence electrons. The van der Waals surface area contributed by atoms with Crippen LogP contribution in [0.4, 0.5) is 5.69 Å². The van der Waals surface area contributed by atoms with Crippen LogP contribution in [0.3, 0.4) is 0 Å². The highest BCUT2D eigenvalue weighted by molar-refractivity contribution is 6.42. The molecule has 1 N–H and O–H groups in total. The van der Waals surface area contributed by atoms with Crippen molar-refractivity contribution in [3.8, 4) is 11.8 Å². The first-order chi connectivity index (χ1) is 12.4. The van der Waals surface area contributed by atoms with Gasteiger partial charge in [-0.15, -0.1) is 0 Å². The summed E-state index contributed by atoms with van der Waals surface area (Å²) in [6.07, 6.45) is 0. The normalized spacial score (nSPS) is 10.5. The molecule has 0 aliphatic heterocycles. The summed E-state index contributed by atoms with van der Waals surface area (Å²) < 4.78 is 5.65. The van der Waals surface area contributed by atoms with E-state index >= 15 is 0 Å². The molecule has 0 aliphatic carbocycles. The van der Waals surface area contributed by atoms with Crippen LogP contribution < -0.4 is 10.1 Å². The van der Waals surface area contributed by atoms with Crippen molar-refractivity contribution in [1.29, 1.82) is 0 Å². The Bertz CT molecular complexity index is 939. The number of anilines is 1. The highest BCUT2D eigenvalue weighted by atomic mass is 35.5. The first-order valence-electron chi connectivity index (χ1n) is 7.77. The van der Waals surface area contributed by atoms with E-state index in [1.165, 1.54) is 6.07 Å². The van der Waals surface area contributed by atoms with Gasteiger partial charge in [-0.25, -0.2) is 9.97 Å². The van der Waals surface area contributed by atoms with Crippen molar-refractivity contribution in [2.75, 3.05) is 5.32 Å². The van der Waals surface area contributed by atoms with E-state index in [2.05, 4.69) is 15.3 Å². The molecule has 0 saturated carbocycles. The van der Waals surface area contributed by atoms with Gasteiger partial charge in [-0.1, -0.05) is 23.2 Å². The van der Waals surface area contributed by atoms with Gasteiger partial charge in [0.1, 0.15) is 5.75 Å². The van der Waals surface area contributed by atoms with E-state index in [-0.39, 0.29) is 11.9 Å². The fourth-order valence-electron chi connectivity index (χ4n) is 2.29. The number of nitrogens with one attached hydrogen (secondary N) is 1. The third kappa shape index (κ3) is 4.50. The second-order valence-electron chi connectivity index (χ2n) is 5.64. The van der Waals surface area contributed by atoms with Crippen LogP contribution in [0.1, 0.15) is 21.7 Å². The number of nitrogens with zero attached hydrogens (tertiary/aromatic N) is 2. The summed E-state index contributed by atoms with van der Waals surface area (Å²) >= 11 is 11.8. The van der Waals surface area contributed by atoms with E-state index < -0.39 is 0 Å². The molecular formula is C19H15Cl2N3O2. The summed E-state index contributed by atoms with van der Waals surface area (Å²) in [5.74, 6) is 0.289. The third-order valence-corrected chi connectivity index (χ3v) is 4.20. The molecule has 26 heavy (non-hydrogen) atoms. The minimum atomic E-state index is -0.283. The van der Waals surface area contributed by atoms with Gasteiger partial charge in [0.2, 0.25) is 0 Å². The van der Waals surface area contributed by atoms with Crippen LogP contribution in [0.2, 0.25) is 10.0 Å². The number of rotatable bonds is 4. The van der Waals surface area contributed by atoms with Crippen LogP contribution in [0, 0.1) is 13.8 Å². The van der Waals surface area contributed by atoms with Crippen LogP contribution in [-0.2, 0) is 0 Å². The second-order valence-corrected chi connectivity index (χ2v) is 6.46. The monoisotopic (exact) mass is 387 g/mol. The minimum Gasteiger partial charge on any atom is -0.424 e. The lowest BCUT2D eigenvalue weighted by atomic mass is 10.2. The Morgan fingerprint density at radius 2 is 1.58 bits per heavy atom. The Hall–Kier alpha value is -2.63. The van der Waals surface area contributed by atoms with Crippen LogP contribution in [-0.4, -0.2) is 15.9 Å². The summed E-state index contributed by atoms with van der Waals surface area (Å²) in [5.41, 5.74) is 2.70. The molecule has 0 fully saturated rings. The molecule has 1 aromatic heterocycles. The number of amides is 1. The number of halogens is 2. The molecular weight excluding hydrogens is 373 g/mol. The molecule has 2 aromatic carbocycles. The standard InChI is InChI=1S/C19H15Cl2N3O2/c1-11-9-12(2)23-19(22-11)26-15-6-4-14(5-7-15)24-18(25)13-3-8-16(20)17(21)10-13/h3-10H,1-2H3,(H,24,25). The summed E-state index contributed by atoms with van der Waals surface area (Å²) in [4.78, 5) is 20.7. The van der Waals surface area contributed by atoms with Crippen LogP contribution in [0.5, 0.6) is 11.8 Å². The zero-order chi connectivity index (χ0) is 18.7. The molecule has 0 unspecified atom stereocenters. The molecule has 0 spiro atoms. The van der Waals surface area contributed by atoms with Gasteiger partial charge in [-0.05, 0) is 62.4 Å². The number of hydrogen-bond donors (Lipinski definition) is 1. The largest absolute Gasteiger partial charge is 0.424 e. The zero-order valence-corrected chi connectivity index (χ0v) is 15.6. The molecule has 0 bridgehead atoms. The lowest BCUT2D eigenvalue weighted by Crippen LogP contribution is -2.11. The van der Waals surface area contributed by atoms with Crippen molar-refractivity contribution in [3.63, 3.8) is 0 Å². The number of carbonyl (C=O) groups is 1. The van der Waals surface area contributed by atoms with Crippen molar-refractivity contribution in [1.82, 2.24) is 9.97 Å². The van der Waals surface area contributed by atoms with E-state index in [1.54, 1.807) is 36.4 Å². The average molecular weight is 388 g/mol. The van der Waals surface area contributed by atoms with Gasteiger partial charge in [0.15, 0.2) is 0 Å². The zero-order valence-electron chi connectivity index (χ0n) is 14.1. The van der Waals surface area contributed by atoms with Gasteiger partial charge in [-0.3, -0.25) is 4.79 Å². The molecule has 0 radical (unpaired) electrons. The van der Waals surface area contributed by atoms with Gasteiger partial charge >= 0.3 is 6.01 Å². The van der Waals surface area contributed by atoms with E-state index in [9.17, 15) is 4.79 Å². The molecule has 5 nitrogen and oxygen atoms in total. The maximum absolute atomic E-state index is 12.3. The summed E-state index contributed by atoms with van der Waals surface area (Å²) in [5, 5.41) is 3.52. The molecule has 1 heterocycles. The molecule has 1 amide bonds. The Morgan fingerprint density at radius 3 is 2.19 bits per heavy atom. The summed E-state index contributed by atoms with van der Waals surface area (Å²) in [6.45, 7) is 3.76. The maximum atomic E-state index is 12.3. The van der Waals surface area contributed by atoms with Crippen molar-refractivity contribution in [2.24, 2.45) is 0 Å². The lowest BCUT2D eigenvalue weighted by Gasteiger charge is -2.08. The average Bonchev–Trinajstić information content (AvgIpc) is 2.58. The van der Waals surface area contributed by atoms with Gasteiger partial charge in [0, 0.05) is 22.6 Å². The fourth-order valence-corrected chi connectivity index (χ4v) is 2.59. The predicted molar refractivity (Wildman–Crippen MR) is 102 cm³/mol. The Kier molecular flexibility index (Phi) is 5.40. The highest BCUT2D eigenvalue weighted by Crippen LogP contribution is 2.24. The Labute approximate surface area is 161 Å². The first-order valence-corrected chi connectivity index (χ1v) is 8.53. The Morgan fingerprint density at radius 1 is 0.923 bits per heavy atom. The van der Waals surface area contributed by atoms with E-state index in [0.29, 0.717) is 27.0 Å². The second kappa shape index (κ2) is 7.72. The third-order valence-electron chi connectivity index (χ3n) is 3.46. The van der Waals surface area contributed by atoms with Crippen LogP contribution >= 0.6 is 23.2 Å². The molecule has 0 saturated heterocycles. The fraction of sp³-hybridized carbons (Fsp3) is 0.105. The number of carbonyl (C=O) groups excluding carboxylic acids is 1. The number of benzene rings is 2. The topological polar surface area (TPSA) is 64.1 Å². The van der Waals surface area contributed by atoms with E-state index in [4.69, 9.17) is 27.9 Å². The first kappa shape index (κ1) is 18.2. The predicted octanol–water partition coefficient (Wildman–Crippen LogP) is 5.44. The van der Waals surface area contributed by atoms with E-state index in [0.717, 1.165) is 11.4 Å². The number of hydrogen-bond acceptors (Lipinski definition) is 4. The van der Waals surface area contributed by atoms with Crippen molar-refractivity contribution in [3.05, 3.63) is 75.5 Å². The molecule has 0 aliphatic rings. The molecule has 3 aromatic rings. The lowest BCUT2D eigenvalue weighted by molar-refractivity contribution is 0.102. The number of ether oxygens (including phenoxy) is 1. The summed E-state index contributed by atoms with van der Waals surface area (Å²) in [7, 11) is 0. The van der Waals surface area contributed by atoms with Gasteiger partial charge in [0.05, 0.1) is 10.0 Å². The quantitative estimate of drug-likeness (QED) is 0.646. The summed E-state index contributed by atoms with van der Waals surface area (Å²) in [6, 6.07) is 13.8. The van der Waals surface area contributed by atoms with Crippen molar-refractivity contribution >= 4 is 34.8 Å². The molecule has 0 atom stereocenters. The molecule has 3 rings (SSSR count). The minimum absolute atomic E-state index is 0.283. The van der Waals surface area contributed by atoms with Gasteiger partial charge in [-0.2, -0.15) is 0 Å². The number of aromatic nitrogens is 2.